The van der Waals surface area contributed by atoms with Crippen LogP contribution in [0.1, 0.15) is 44.7 Å². The summed E-state index contributed by atoms with van der Waals surface area (Å²) >= 11 is 0. The topological polar surface area (TPSA) is 75.6 Å². The van der Waals surface area contributed by atoms with Gasteiger partial charge in [-0.1, -0.05) is 31.5 Å². The van der Waals surface area contributed by atoms with Crippen LogP contribution in [0.25, 0.3) is 0 Å². The van der Waals surface area contributed by atoms with Crippen molar-refractivity contribution in [2.75, 3.05) is 7.11 Å². The number of benzene rings is 1. The minimum Gasteiger partial charge on any atom is -0.496 e. The second kappa shape index (κ2) is 9.07. The third-order valence-corrected chi connectivity index (χ3v) is 3.29. The lowest BCUT2D eigenvalue weighted by atomic mass is 9.96. The second-order valence-corrected chi connectivity index (χ2v) is 5.49. The molecule has 0 aromatic heterocycles. The van der Waals surface area contributed by atoms with E-state index in [2.05, 4.69) is 5.32 Å². The Kier molecular flexibility index (Phi) is 8.23. The molecule has 0 spiro atoms. The number of carbonyl (C=O) groups excluding carboxylic acids is 1. The molecule has 1 rings (SSSR count). The normalized spacial score (nSPS) is 12.5. The van der Waals surface area contributed by atoms with Crippen LogP contribution in [0.2, 0.25) is 0 Å². The fraction of sp³-hybridized carbons (Fsp3) is 0.529. The average Bonchev–Trinajstić information content (AvgIpc) is 2.39. The molecule has 124 valence electrons. The van der Waals surface area contributed by atoms with Crippen molar-refractivity contribution in [1.82, 2.24) is 5.32 Å². The van der Waals surface area contributed by atoms with Gasteiger partial charge in [0.05, 0.1) is 7.11 Å². The van der Waals surface area contributed by atoms with E-state index in [0.717, 1.165) is 12.2 Å². The van der Waals surface area contributed by atoms with Crippen molar-refractivity contribution in [2.24, 2.45) is 0 Å². The number of aliphatic carboxylic acids is 1. The highest BCUT2D eigenvalue weighted by Gasteiger charge is 2.32. The first-order chi connectivity index (χ1) is 10.2. The molecule has 0 radical (unpaired) electrons. The van der Waals surface area contributed by atoms with Crippen LogP contribution in [0.15, 0.2) is 18.2 Å². The van der Waals surface area contributed by atoms with Crippen molar-refractivity contribution in [3.63, 3.8) is 0 Å². The number of carboxylic acids is 1. The first kappa shape index (κ1) is 20.0. The molecule has 0 aliphatic heterocycles. The Labute approximate surface area is 132 Å². The van der Waals surface area contributed by atoms with Crippen molar-refractivity contribution in [2.45, 2.75) is 53.0 Å². The van der Waals surface area contributed by atoms with Gasteiger partial charge in [0.1, 0.15) is 11.3 Å². The fourth-order valence-corrected chi connectivity index (χ4v) is 2.23. The van der Waals surface area contributed by atoms with Crippen LogP contribution >= 0.6 is 0 Å². The minimum atomic E-state index is -1.11. The SMILES string of the molecule is CCCC(C)(NC(C)=O)C(=O)O.COc1c(C)cccc1C. The Morgan fingerprint density at radius 3 is 2.05 bits per heavy atom. The predicted octanol–water partition coefficient (Wildman–Crippen LogP) is 3.08. The maximum atomic E-state index is 10.7. The van der Waals surface area contributed by atoms with Crippen LogP contribution in [0, 0.1) is 13.8 Å². The van der Waals surface area contributed by atoms with Crippen LogP contribution < -0.4 is 10.1 Å². The van der Waals surface area contributed by atoms with Gasteiger partial charge in [0.25, 0.3) is 0 Å². The smallest absolute Gasteiger partial charge is 0.329 e. The van der Waals surface area contributed by atoms with E-state index < -0.39 is 11.5 Å². The zero-order valence-corrected chi connectivity index (χ0v) is 14.3. The molecule has 2 N–H and O–H groups in total. The molecule has 22 heavy (non-hydrogen) atoms. The molecule has 0 saturated heterocycles. The predicted molar refractivity (Wildman–Crippen MR) is 87.2 cm³/mol. The van der Waals surface area contributed by atoms with E-state index in [9.17, 15) is 9.59 Å². The van der Waals surface area contributed by atoms with Gasteiger partial charge < -0.3 is 15.2 Å². The van der Waals surface area contributed by atoms with E-state index in [0.29, 0.717) is 6.42 Å². The quantitative estimate of drug-likeness (QED) is 0.876. The van der Waals surface area contributed by atoms with E-state index in [1.165, 1.54) is 25.0 Å². The molecule has 1 aromatic rings. The third kappa shape index (κ3) is 6.16. The highest BCUT2D eigenvalue weighted by molar-refractivity contribution is 5.85. The average molecular weight is 309 g/mol. The monoisotopic (exact) mass is 309 g/mol. The van der Waals surface area contributed by atoms with Gasteiger partial charge in [0, 0.05) is 6.92 Å². The number of rotatable bonds is 5. The molecule has 1 amide bonds. The van der Waals surface area contributed by atoms with Gasteiger partial charge in [-0.05, 0) is 38.3 Å². The molecule has 5 nitrogen and oxygen atoms in total. The van der Waals surface area contributed by atoms with E-state index in [1.807, 2.05) is 39.0 Å². The number of carboxylic acid groups (broad SMARTS) is 1. The number of para-hydroxylation sites is 1. The molecule has 1 atom stereocenters. The molecule has 0 fully saturated rings. The summed E-state index contributed by atoms with van der Waals surface area (Å²) in [5.41, 5.74) is 1.28. The van der Waals surface area contributed by atoms with Crippen LogP contribution in [-0.2, 0) is 9.59 Å². The zero-order valence-electron chi connectivity index (χ0n) is 14.3. The van der Waals surface area contributed by atoms with Crippen molar-refractivity contribution in [3.8, 4) is 5.75 Å². The Morgan fingerprint density at radius 2 is 1.77 bits per heavy atom. The summed E-state index contributed by atoms with van der Waals surface area (Å²) in [6.07, 6.45) is 1.17. The van der Waals surface area contributed by atoms with E-state index in [-0.39, 0.29) is 5.91 Å². The van der Waals surface area contributed by atoms with E-state index in [4.69, 9.17) is 9.84 Å². The first-order valence-electron chi connectivity index (χ1n) is 7.30. The van der Waals surface area contributed by atoms with Gasteiger partial charge in [0.15, 0.2) is 0 Å². The number of methoxy groups -OCH3 is 1. The number of hydrogen-bond donors (Lipinski definition) is 2. The Balaban J connectivity index is 0.000000406. The van der Waals surface area contributed by atoms with Crippen molar-refractivity contribution < 1.29 is 19.4 Å². The van der Waals surface area contributed by atoms with Crippen molar-refractivity contribution >= 4 is 11.9 Å². The van der Waals surface area contributed by atoms with Gasteiger partial charge in [-0.2, -0.15) is 0 Å². The van der Waals surface area contributed by atoms with Crippen LogP contribution in [-0.4, -0.2) is 29.6 Å². The summed E-state index contributed by atoms with van der Waals surface area (Å²) in [7, 11) is 1.70. The molecule has 5 heteroatoms. The van der Waals surface area contributed by atoms with Gasteiger partial charge in [-0.15, -0.1) is 0 Å². The van der Waals surface area contributed by atoms with E-state index >= 15 is 0 Å². The lowest BCUT2D eigenvalue weighted by Crippen LogP contribution is -2.51. The molecule has 1 unspecified atom stereocenters. The molecule has 0 heterocycles. The summed E-state index contributed by atoms with van der Waals surface area (Å²) in [6.45, 7) is 8.80. The van der Waals surface area contributed by atoms with Crippen LogP contribution in [0.3, 0.4) is 0 Å². The van der Waals surface area contributed by atoms with Crippen LogP contribution in [0.5, 0.6) is 5.75 Å². The number of amides is 1. The first-order valence-corrected chi connectivity index (χ1v) is 7.30. The lowest BCUT2D eigenvalue weighted by molar-refractivity contribution is -0.146. The maximum Gasteiger partial charge on any atom is 0.329 e. The molecular formula is C17H27NO4. The summed E-state index contributed by atoms with van der Waals surface area (Å²) in [6, 6.07) is 6.13. The summed E-state index contributed by atoms with van der Waals surface area (Å²) < 4.78 is 5.18. The molecule has 0 aliphatic rings. The molecule has 0 bridgehead atoms. The number of carbonyl (C=O) groups is 2. The summed E-state index contributed by atoms with van der Waals surface area (Å²) in [5.74, 6) is -0.296. The summed E-state index contributed by atoms with van der Waals surface area (Å²) in [5, 5.41) is 11.2. The molecule has 1 aromatic carbocycles. The van der Waals surface area contributed by atoms with E-state index in [1.54, 1.807) is 7.11 Å². The van der Waals surface area contributed by atoms with Crippen molar-refractivity contribution in [1.29, 1.82) is 0 Å². The standard InChI is InChI=1S/C9H12O.C8H15NO3/c1-7-5-4-6-8(2)9(7)10-3;1-4-5-8(3,7(11)12)9-6(2)10/h4-6H,1-3H3;4-5H2,1-3H3,(H,9,10)(H,11,12). The number of ether oxygens (including phenoxy) is 1. The van der Waals surface area contributed by atoms with Crippen molar-refractivity contribution in [3.05, 3.63) is 29.3 Å². The fourth-order valence-electron chi connectivity index (χ4n) is 2.23. The van der Waals surface area contributed by atoms with Gasteiger partial charge in [-0.3, -0.25) is 4.79 Å². The zero-order chi connectivity index (χ0) is 17.3. The Morgan fingerprint density at radius 1 is 1.27 bits per heavy atom. The summed E-state index contributed by atoms with van der Waals surface area (Å²) in [4.78, 5) is 21.4. The Hall–Kier alpha value is -2.04. The van der Waals surface area contributed by atoms with Crippen LogP contribution in [0.4, 0.5) is 0 Å². The Bertz CT molecular complexity index is 493. The number of aryl methyl sites for hydroxylation is 2. The molecule has 0 saturated carbocycles. The molecular weight excluding hydrogens is 282 g/mol. The van der Waals surface area contributed by atoms with Gasteiger partial charge in [0.2, 0.25) is 5.91 Å². The highest BCUT2D eigenvalue weighted by atomic mass is 16.5. The van der Waals surface area contributed by atoms with Gasteiger partial charge in [-0.25, -0.2) is 4.79 Å². The minimum absolute atomic E-state index is 0.312. The number of hydrogen-bond acceptors (Lipinski definition) is 3. The molecule has 0 aliphatic carbocycles. The number of nitrogens with one attached hydrogen (secondary N) is 1. The highest BCUT2D eigenvalue weighted by Crippen LogP contribution is 2.20. The largest absolute Gasteiger partial charge is 0.496 e. The third-order valence-electron chi connectivity index (χ3n) is 3.29. The lowest BCUT2D eigenvalue weighted by Gasteiger charge is -2.24. The van der Waals surface area contributed by atoms with Gasteiger partial charge >= 0.3 is 5.97 Å². The maximum absolute atomic E-state index is 10.7. The second-order valence-electron chi connectivity index (χ2n) is 5.49.